The molecule has 0 unspecified atom stereocenters. The van der Waals surface area contributed by atoms with Gasteiger partial charge in [0.1, 0.15) is 11.3 Å². The van der Waals surface area contributed by atoms with Gasteiger partial charge in [-0.3, -0.25) is 0 Å². The molecule has 0 spiro atoms. The van der Waals surface area contributed by atoms with Gasteiger partial charge in [-0.2, -0.15) is 0 Å². The molecular weight excluding hydrogens is 158 g/mol. The predicted octanol–water partition coefficient (Wildman–Crippen LogP) is 1.09. The summed E-state index contributed by atoms with van der Waals surface area (Å²) in [5, 5.41) is 9.17. The largest absolute Gasteiger partial charge is 0.507 e. The second-order valence-electron chi connectivity index (χ2n) is 2.22. The third kappa shape index (κ3) is 1.47. The third-order valence-corrected chi connectivity index (χ3v) is 1.40. The van der Waals surface area contributed by atoms with Crippen LogP contribution in [0.5, 0.6) is 5.75 Å². The molecule has 4 nitrogen and oxygen atoms in total. The van der Waals surface area contributed by atoms with Gasteiger partial charge in [0.2, 0.25) is 0 Å². The molecule has 0 fully saturated rings. The number of carbonyl (C=O) groups excluding carboxylic acids is 1. The number of phenolic OH excluding ortho intramolecular Hbond substituents is 1. The summed E-state index contributed by atoms with van der Waals surface area (Å²) in [7, 11) is 1.23. The molecule has 1 aromatic carbocycles. The molecule has 0 heterocycles. The molecule has 1 radical (unpaired) electrons. The van der Waals surface area contributed by atoms with Gasteiger partial charge in [-0.1, -0.05) is 0 Å². The van der Waals surface area contributed by atoms with Crippen molar-refractivity contribution in [3.63, 3.8) is 0 Å². The molecule has 0 atom stereocenters. The highest BCUT2D eigenvalue weighted by Crippen LogP contribution is 2.21. The summed E-state index contributed by atoms with van der Waals surface area (Å²) in [4.78, 5) is 10.9. The van der Waals surface area contributed by atoms with Crippen molar-refractivity contribution in [2.45, 2.75) is 0 Å². The van der Waals surface area contributed by atoms with E-state index >= 15 is 0 Å². The Morgan fingerprint density at radius 1 is 1.58 bits per heavy atom. The van der Waals surface area contributed by atoms with Crippen LogP contribution in [-0.4, -0.2) is 18.2 Å². The number of phenols is 1. The number of benzene rings is 1. The summed E-state index contributed by atoms with van der Waals surface area (Å²) in [6.07, 6.45) is 0. The normalized spacial score (nSPS) is 9.42. The van der Waals surface area contributed by atoms with E-state index in [1.807, 2.05) is 0 Å². The van der Waals surface area contributed by atoms with Crippen LogP contribution in [0, 0.1) is 0 Å². The predicted molar refractivity (Wildman–Crippen MR) is 42.2 cm³/mol. The van der Waals surface area contributed by atoms with Gasteiger partial charge < -0.3 is 15.6 Å². The minimum atomic E-state index is -0.604. The first kappa shape index (κ1) is 8.39. The van der Waals surface area contributed by atoms with Crippen molar-refractivity contribution in [3.8, 4) is 5.75 Å². The Morgan fingerprint density at radius 3 is 2.75 bits per heavy atom. The Balaban J connectivity index is 3.09. The molecule has 0 aliphatic rings. The number of rotatable bonds is 1. The molecular formula is C8H8NO3. The quantitative estimate of drug-likeness (QED) is 0.635. The van der Waals surface area contributed by atoms with Crippen molar-refractivity contribution in [1.82, 2.24) is 5.73 Å². The third-order valence-electron chi connectivity index (χ3n) is 1.40. The Kier molecular flexibility index (Phi) is 2.19. The highest BCUT2D eigenvalue weighted by molar-refractivity contribution is 5.92. The first-order chi connectivity index (χ1) is 5.65. The molecule has 0 aliphatic carbocycles. The van der Waals surface area contributed by atoms with Crippen LogP contribution in [0.25, 0.3) is 0 Å². The number of ether oxygens (including phenoxy) is 1. The number of aromatic hydroxyl groups is 1. The molecule has 1 aromatic rings. The second-order valence-corrected chi connectivity index (χ2v) is 2.22. The molecule has 0 amide bonds. The number of carbonyl (C=O) groups is 1. The first-order valence-electron chi connectivity index (χ1n) is 3.28. The van der Waals surface area contributed by atoms with E-state index < -0.39 is 5.97 Å². The maximum atomic E-state index is 10.9. The van der Waals surface area contributed by atoms with Gasteiger partial charge in [-0.05, 0) is 12.1 Å². The van der Waals surface area contributed by atoms with E-state index in [0.29, 0.717) is 0 Å². The molecule has 0 bridgehead atoms. The van der Waals surface area contributed by atoms with Crippen LogP contribution >= 0.6 is 0 Å². The molecule has 12 heavy (non-hydrogen) atoms. The van der Waals surface area contributed by atoms with Crippen molar-refractivity contribution in [2.24, 2.45) is 0 Å². The first-order valence-corrected chi connectivity index (χ1v) is 3.28. The summed E-state index contributed by atoms with van der Waals surface area (Å²) in [6.45, 7) is 0. The molecule has 0 aliphatic heterocycles. The minimum absolute atomic E-state index is 0.0773. The molecule has 63 valence electrons. The van der Waals surface area contributed by atoms with E-state index in [1.54, 1.807) is 0 Å². The fraction of sp³-hybridized carbons (Fsp3) is 0.125. The highest BCUT2D eigenvalue weighted by Gasteiger charge is 2.10. The molecule has 0 aromatic heterocycles. The van der Waals surface area contributed by atoms with Gasteiger partial charge in [0.25, 0.3) is 0 Å². The summed E-state index contributed by atoms with van der Waals surface area (Å²) in [5.74, 6) is -0.832. The van der Waals surface area contributed by atoms with Gasteiger partial charge in [0.05, 0.1) is 12.8 Å². The van der Waals surface area contributed by atoms with Crippen LogP contribution in [0.3, 0.4) is 0 Å². The molecule has 4 heteroatoms. The zero-order chi connectivity index (χ0) is 9.14. The van der Waals surface area contributed by atoms with Crippen molar-refractivity contribution >= 4 is 11.7 Å². The van der Waals surface area contributed by atoms with Crippen molar-refractivity contribution in [1.29, 1.82) is 0 Å². The van der Waals surface area contributed by atoms with Gasteiger partial charge in [-0.25, -0.2) is 4.79 Å². The van der Waals surface area contributed by atoms with Crippen molar-refractivity contribution in [2.75, 3.05) is 7.11 Å². The fourth-order valence-corrected chi connectivity index (χ4v) is 0.814. The summed E-state index contributed by atoms with van der Waals surface area (Å²) < 4.78 is 4.40. The zero-order valence-corrected chi connectivity index (χ0v) is 6.50. The average molecular weight is 166 g/mol. The smallest absolute Gasteiger partial charge is 0.341 e. The Morgan fingerprint density at radius 2 is 2.25 bits per heavy atom. The number of hydrogen-bond donors (Lipinski definition) is 1. The molecule has 1 rings (SSSR count). The SMILES string of the molecule is COC(=O)c1ccc([NH])cc1O. The van der Waals surface area contributed by atoms with Crippen LogP contribution < -0.4 is 5.73 Å². The number of esters is 1. The van der Waals surface area contributed by atoms with Crippen LogP contribution in [0.4, 0.5) is 5.69 Å². The Bertz CT molecular complexity index is 309. The second kappa shape index (κ2) is 3.13. The van der Waals surface area contributed by atoms with E-state index in [4.69, 9.17) is 5.73 Å². The molecule has 0 saturated carbocycles. The van der Waals surface area contributed by atoms with E-state index in [1.165, 1.54) is 25.3 Å². The lowest BCUT2D eigenvalue weighted by molar-refractivity contribution is 0.0597. The molecule has 0 saturated heterocycles. The summed E-state index contributed by atoms with van der Waals surface area (Å²) >= 11 is 0. The Labute approximate surface area is 69.6 Å². The van der Waals surface area contributed by atoms with E-state index in [9.17, 15) is 9.90 Å². The highest BCUT2D eigenvalue weighted by atomic mass is 16.5. The van der Waals surface area contributed by atoms with Gasteiger partial charge in [-0.15, -0.1) is 0 Å². The average Bonchev–Trinajstić information content (AvgIpc) is 2.03. The van der Waals surface area contributed by atoms with Gasteiger partial charge in [0, 0.05) is 6.07 Å². The number of methoxy groups -OCH3 is 1. The van der Waals surface area contributed by atoms with Crippen molar-refractivity contribution in [3.05, 3.63) is 23.8 Å². The monoisotopic (exact) mass is 166 g/mol. The number of nitrogens with one attached hydrogen (secondary N) is 1. The topological polar surface area (TPSA) is 70.3 Å². The van der Waals surface area contributed by atoms with Crippen LogP contribution in [0.2, 0.25) is 0 Å². The lowest BCUT2D eigenvalue weighted by atomic mass is 10.2. The van der Waals surface area contributed by atoms with Crippen LogP contribution in [0.15, 0.2) is 18.2 Å². The fourth-order valence-electron chi connectivity index (χ4n) is 0.814. The van der Waals surface area contributed by atoms with E-state index in [-0.39, 0.29) is 17.0 Å². The summed E-state index contributed by atoms with van der Waals surface area (Å²) in [6, 6.07) is 3.95. The van der Waals surface area contributed by atoms with E-state index in [0.717, 1.165) is 0 Å². The van der Waals surface area contributed by atoms with E-state index in [2.05, 4.69) is 4.74 Å². The Hall–Kier alpha value is -1.71. The zero-order valence-electron chi connectivity index (χ0n) is 6.50. The van der Waals surface area contributed by atoms with Gasteiger partial charge in [0.15, 0.2) is 0 Å². The van der Waals surface area contributed by atoms with Crippen LogP contribution in [-0.2, 0) is 4.74 Å². The summed E-state index contributed by atoms with van der Waals surface area (Å²) in [5.41, 5.74) is 7.35. The lowest BCUT2D eigenvalue weighted by Crippen LogP contribution is -2.00. The number of hydrogen-bond acceptors (Lipinski definition) is 3. The molecule has 2 N–H and O–H groups in total. The van der Waals surface area contributed by atoms with Crippen molar-refractivity contribution < 1.29 is 14.6 Å². The lowest BCUT2D eigenvalue weighted by Gasteiger charge is -2.01. The minimum Gasteiger partial charge on any atom is -0.507 e. The van der Waals surface area contributed by atoms with Crippen LogP contribution in [0.1, 0.15) is 10.4 Å². The van der Waals surface area contributed by atoms with Gasteiger partial charge >= 0.3 is 5.97 Å². The maximum absolute atomic E-state index is 10.9. The standard InChI is InChI=1S/C8H8NO3/c1-12-8(11)6-3-2-5(9)4-7(6)10/h2-4,9-10H,1H3. The maximum Gasteiger partial charge on any atom is 0.341 e.